The number of anilines is 1. The minimum absolute atomic E-state index is 0.0471. The molecule has 1 spiro atoms. The number of nitrogens with zero attached hydrogens (tertiary/aromatic N) is 1. The molecule has 1 aromatic rings. The highest BCUT2D eigenvalue weighted by Crippen LogP contribution is 2.59. The van der Waals surface area contributed by atoms with E-state index in [0.29, 0.717) is 11.5 Å². The maximum Gasteiger partial charge on any atom is 0.249 e. The number of fused-ring (bicyclic) bond motifs is 1. The second kappa shape index (κ2) is 6.29. The second-order valence-electron chi connectivity index (χ2n) is 8.09. The van der Waals surface area contributed by atoms with E-state index in [9.17, 15) is 9.59 Å². The number of piperidine rings is 1. The van der Waals surface area contributed by atoms with Gasteiger partial charge in [-0.05, 0) is 56.1 Å². The smallest absolute Gasteiger partial charge is 0.249 e. The normalized spacial score (nSPS) is 24.7. The first-order valence-electron chi connectivity index (χ1n) is 9.83. The average Bonchev–Trinajstić information content (AvgIpc) is 3.09. The Morgan fingerprint density at radius 3 is 2.74 bits per heavy atom. The number of carbonyl (C=O) groups is 2. The molecule has 2 amide bonds. The Kier molecular flexibility index (Phi) is 3.88. The molecule has 0 radical (unpaired) electrons. The van der Waals surface area contributed by atoms with Gasteiger partial charge in [-0.15, -0.1) is 0 Å². The summed E-state index contributed by atoms with van der Waals surface area (Å²) in [6.45, 7) is 1.76. The molecule has 1 saturated heterocycles. The number of rotatable bonds is 3. The van der Waals surface area contributed by atoms with Crippen LogP contribution in [0.15, 0.2) is 29.8 Å². The van der Waals surface area contributed by atoms with Crippen LogP contribution in [0.25, 0.3) is 0 Å². The van der Waals surface area contributed by atoms with E-state index in [1.165, 1.54) is 0 Å². The Morgan fingerprint density at radius 1 is 1.15 bits per heavy atom. The van der Waals surface area contributed by atoms with Crippen LogP contribution in [0.2, 0.25) is 0 Å². The highest BCUT2D eigenvalue weighted by atomic mass is 16.7. The monoisotopic (exact) mass is 368 g/mol. The molecule has 1 atom stereocenters. The van der Waals surface area contributed by atoms with Crippen molar-refractivity contribution < 1.29 is 19.1 Å². The molecule has 0 aromatic heterocycles. The largest absolute Gasteiger partial charge is 0.454 e. The van der Waals surface area contributed by atoms with E-state index in [1.807, 2.05) is 23.1 Å². The van der Waals surface area contributed by atoms with E-state index in [1.54, 1.807) is 0 Å². The van der Waals surface area contributed by atoms with Crippen molar-refractivity contribution in [1.82, 2.24) is 4.90 Å². The lowest BCUT2D eigenvalue weighted by Gasteiger charge is -2.33. The number of hydrogen-bond acceptors (Lipinski definition) is 4. The Balaban J connectivity index is 1.17. The summed E-state index contributed by atoms with van der Waals surface area (Å²) in [6.07, 6.45) is 7.90. The predicted octanol–water partition coefficient (Wildman–Crippen LogP) is 3.09. The molecule has 142 valence electrons. The molecule has 0 unspecified atom stereocenters. The van der Waals surface area contributed by atoms with Crippen LogP contribution in [0.3, 0.4) is 0 Å². The number of benzene rings is 1. The molecule has 2 heterocycles. The summed E-state index contributed by atoms with van der Waals surface area (Å²) in [6, 6.07) is 5.48. The minimum Gasteiger partial charge on any atom is -0.454 e. The number of carbonyl (C=O) groups excluding carboxylic acids is 2. The van der Waals surface area contributed by atoms with Gasteiger partial charge < -0.3 is 19.7 Å². The van der Waals surface area contributed by atoms with E-state index in [2.05, 4.69) is 11.4 Å². The number of amides is 2. The third-order valence-corrected chi connectivity index (χ3v) is 6.51. The van der Waals surface area contributed by atoms with E-state index in [4.69, 9.17) is 9.47 Å². The molecular formula is C21H24N2O4. The summed E-state index contributed by atoms with van der Waals surface area (Å²) in [4.78, 5) is 27.2. The lowest BCUT2D eigenvalue weighted by atomic mass is 9.90. The Morgan fingerprint density at radius 2 is 1.96 bits per heavy atom. The second-order valence-corrected chi connectivity index (χ2v) is 8.09. The molecule has 2 aliphatic heterocycles. The fourth-order valence-corrected chi connectivity index (χ4v) is 4.70. The van der Waals surface area contributed by atoms with Crippen LogP contribution in [0.1, 0.15) is 38.5 Å². The highest BCUT2D eigenvalue weighted by Gasteiger charge is 2.58. The summed E-state index contributed by atoms with van der Waals surface area (Å²) in [5, 5.41) is 3.02. The predicted molar refractivity (Wildman–Crippen MR) is 99.5 cm³/mol. The lowest BCUT2D eigenvalue weighted by molar-refractivity contribution is -0.128. The number of ether oxygens (including phenoxy) is 2. The first-order chi connectivity index (χ1) is 13.1. The van der Waals surface area contributed by atoms with Crippen molar-refractivity contribution in [3.8, 4) is 11.5 Å². The van der Waals surface area contributed by atoms with Gasteiger partial charge in [0, 0.05) is 36.3 Å². The molecule has 0 bridgehead atoms. The maximum atomic E-state index is 12.7. The van der Waals surface area contributed by atoms with Gasteiger partial charge >= 0.3 is 0 Å². The molecule has 2 aliphatic carbocycles. The fourth-order valence-electron chi connectivity index (χ4n) is 4.70. The van der Waals surface area contributed by atoms with Gasteiger partial charge in [0.1, 0.15) is 0 Å². The molecule has 5 rings (SSSR count). The molecule has 27 heavy (non-hydrogen) atoms. The van der Waals surface area contributed by atoms with Gasteiger partial charge in [-0.1, -0.05) is 6.08 Å². The first-order valence-corrected chi connectivity index (χ1v) is 9.83. The van der Waals surface area contributed by atoms with Gasteiger partial charge in [-0.25, -0.2) is 0 Å². The summed E-state index contributed by atoms with van der Waals surface area (Å²) in [5.74, 6) is 1.72. The van der Waals surface area contributed by atoms with E-state index in [0.717, 1.165) is 62.9 Å². The van der Waals surface area contributed by atoms with E-state index < -0.39 is 0 Å². The summed E-state index contributed by atoms with van der Waals surface area (Å²) < 4.78 is 10.7. The van der Waals surface area contributed by atoms with Crippen molar-refractivity contribution in [2.24, 2.45) is 11.3 Å². The van der Waals surface area contributed by atoms with Gasteiger partial charge in [0.15, 0.2) is 11.5 Å². The summed E-state index contributed by atoms with van der Waals surface area (Å²) in [7, 11) is 0. The van der Waals surface area contributed by atoms with Crippen molar-refractivity contribution in [2.45, 2.75) is 38.5 Å². The number of hydrogen-bond donors (Lipinski definition) is 1. The van der Waals surface area contributed by atoms with Crippen molar-refractivity contribution in [2.75, 3.05) is 25.2 Å². The molecule has 6 heteroatoms. The van der Waals surface area contributed by atoms with E-state index in [-0.39, 0.29) is 29.9 Å². The molecule has 2 fully saturated rings. The SMILES string of the molecule is O=C(Nc1ccc2c(c1)OCO2)[C@H]1CC12CCN(C(=O)C1=CCCC1)CC2. The lowest BCUT2D eigenvalue weighted by Crippen LogP contribution is -2.40. The molecule has 1 N–H and O–H groups in total. The molecule has 6 nitrogen and oxygen atoms in total. The van der Waals surface area contributed by atoms with Crippen molar-refractivity contribution in [3.63, 3.8) is 0 Å². The van der Waals surface area contributed by atoms with Crippen molar-refractivity contribution in [3.05, 3.63) is 29.8 Å². The van der Waals surface area contributed by atoms with Gasteiger partial charge in [0.25, 0.3) is 0 Å². The third-order valence-electron chi connectivity index (χ3n) is 6.51. The zero-order valence-electron chi connectivity index (χ0n) is 15.3. The van der Waals surface area contributed by atoms with Crippen molar-refractivity contribution >= 4 is 17.5 Å². The zero-order valence-corrected chi connectivity index (χ0v) is 15.3. The van der Waals surface area contributed by atoms with Crippen LogP contribution in [0.5, 0.6) is 11.5 Å². The molecule has 1 saturated carbocycles. The van der Waals surface area contributed by atoms with E-state index >= 15 is 0 Å². The number of nitrogens with one attached hydrogen (secondary N) is 1. The third kappa shape index (κ3) is 2.97. The van der Waals surface area contributed by atoms with Crippen LogP contribution in [-0.2, 0) is 9.59 Å². The quantitative estimate of drug-likeness (QED) is 0.890. The van der Waals surface area contributed by atoms with Gasteiger partial charge in [-0.3, -0.25) is 9.59 Å². The van der Waals surface area contributed by atoms with Gasteiger partial charge in [-0.2, -0.15) is 0 Å². The molecular weight excluding hydrogens is 344 g/mol. The van der Waals surface area contributed by atoms with Gasteiger partial charge in [0.2, 0.25) is 18.6 Å². The average molecular weight is 368 g/mol. The highest BCUT2D eigenvalue weighted by molar-refractivity contribution is 5.96. The summed E-state index contributed by atoms with van der Waals surface area (Å²) in [5.41, 5.74) is 1.81. The molecule has 4 aliphatic rings. The van der Waals surface area contributed by atoms with Gasteiger partial charge in [0.05, 0.1) is 0 Å². The minimum atomic E-state index is 0.0471. The maximum absolute atomic E-state index is 12.7. The number of allylic oxidation sites excluding steroid dienone is 1. The zero-order chi connectivity index (χ0) is 18.4. The standard InChI is InChI=1S/C21H24N2O4/c24-19(22-15-5-6-17-18(11-15)27-13-26-17)16-12-21(16)7-9-23(10-8-21)20(25)14-3-1-2-4-14/h3,5-6,11,16H,1-2,4,7-10,12-13H2,(H,22,24)/t16-/m1/s1. The van der Waals surface area contributed by atoms with Crippen LogP contribution in [0, 0.1) is 11.3 Å². The molecule has 1 aromatic carbocycles. The van der Waals surface area contributed by atoms with Crippen LogP contribution in [-0.4, -0.2) is 36.6 Å². The Bertz CT molecular complexity index is 823. The van der Waals surface area contributed by atoms with Crippen LogP contribution in [0.4, 0.5) is 5.69 Å². The summed E-state index contributed by atoms with van der Waals surface area (Å²) >= 11 is 0. The number of likely N-dealkylation sites (tertiary alicyclic amines) is 1. The fraction of sp³-hybridized carbons (Fsp3) is 0.524. The Hall–Kier alpha value is -2.50. The van der Waals surface area contributed by atoms with Crippen LogP contribution >= 0.6 is 0 Å². The van der Waals surface area contributed by atoms with Crippen molar-refractivity contribution in [1.29, 1.82) is 0 Å². The topological polar surface area (TPSA) is 67.9 Å². The first kappa shape index (κ1) is 16.7. The van der Waals surface area contributed by atoms with Crippen LogP contribution < -0.4 is 14.8 Å². The Labute approximate surface area is 158 Å².